The molecule has 0 atom stereocenters. The number of halogens is 3. The zero-order chi connectivity index (χ0) is 13.9. The second-order valence-corrected chi connectivity index (χ2v) is 3.82. The molecule has 0 radical (unpaired) electrons. The summed E-state index contributed by atoms with van der Waals surface area (Å²) in [6.45, 7) is 1.77. The first-order chi connectivity index (χ1) is 8.97. The van der Waals surface area contributed by atoms with Crippen molar-refractivity contribution in [2.24, 2.45) is 5.10 Å². The van der Waals surface area contributed by atoms with Crippen LogP contribution in [0.5, 0.6) is 0 Å². The number of anilines is 1. The van der Waals surface area contributed by atoms with Crippen LogP contribution < -0.4 is 5.43 Å². The molecular weight excluding hydrogens is 257 g/mol. The highest BCUT2D eigenvalue weighted by atomic mass is 19.4. The molecule has 0 saturated heterocycles. The highest BCUT2D eigenvalue weighted by Gasteiger charge is 2.30. The molecule has 0 bridgehead atoms. The van der Waals surface area contributed by atoms with Gasteiger partial charge in [0.2, 0.25) is 0 Å². The van der Waals surface area contributed by atoms with E-state index in [9.17, 15) is 13.2 Å². The predicted octanol–water partition coefficient (Wildman–Crippen LogP) is 3.26. The molecule has 7 heteroatoms. The van der Waals surface area contributed by atoms with Crippen molar-refractivity contribution in [3.63, 3.8) is 0 Å². The summed E-state index contributed by atoms with van der Waals surface area (Å²) in [5, 5.41) is 4.02. The minimum Gasteiger partial charge on any atom is -0.360 e. The Morgan fingerprint density at radius 2 is 2.11 bits per heavy atom. The standard InChI is InChI=1S/C12H11F3N4/c1-8(10-3-2-6-16-10)18-19-11-5-4-9(7-17-11)12(13,14)15/h2-7,16H,1H3,(H,17,19)/b18-8+. The van der Waals surface area contributed by atoms with Gasteiger partial charge >= 0.3 is 6.18 Å². The first kappa shape index (κ1) is 13.1. The lowest BCUT2D eigenvalue weighted by Gasteiger charge is -2.06. The first-order valence-corrected chi connectivity index (χ1v) is 5.44. The van der Waals surface area contributed by atoms with Gasteiger partial charge in [0.15, 0.2) is 0 Å². The fourth-order valence-electron chi connectivity index (χ4n) is 1.38. The number of aromatic nitrogens is 2. The molecule has 0 aromatic carbocycles. The van der Waals surface area contributed by atoms with Crippen LogP contribution >= 0.6 is 0 Å². The number of hydrogen-bond donors (Lipinski definition) is 2. The van der Waals surface area contributed by atoms with E-state index in [1.807, 2.05) is 12.1 Å². The Balaban J connectivity index is 2.06. The lowest BCUT2D eigenvalue weighted by molar-refractivity contribution is -0.137. The van der Waals surface area contributed by atoms with Crippen LogP contribution in [-0.2, 0) is 6.18 Å². The maximum absolute atomic E-state index is 12.3. The number of hydrogen-bond acceptors (Lipinski definition) is 3. The van der Waals surface area contributed by atoms with E-state index in [1.165, 1.54) is 6.07 Å². The normalized spacial score (nSPS) is 12.5. The van der Waals surface area contributed by atoms with Gasteiger partial charge in [-0.2, -0.15) is 18.3 Å². The van der Waals surface area contributed by atoms with Gasteiger partial charge in [0.05, 0.1) is 17.0 Å². The third-order valence-electron chi connectivity index (χ3n) is 2.42. The smallest absolute Gasteiger partial charge is 0.360 e. The van der Waals surface area contributed by atoms with E-state index in [0.717, 1.165) is 18.0 Å². The van der Waals surface area contributed by atoms with Gasteiger partial charge in [-0.3, -0.25) is 5.43 Å². The van der Waals surface area contributed by atoms with Gasteiger partial charge in [0, 0.05) is 12.4 Å². The molecule has 0 saturated carbocycles. The zero-order valence-corrected chi connectivity index (χ0v) is 9.99. The van der Waals surface area contributed by atoms with Crippen LogP contribution in [-0.4, -0.2) is 15.7 Å². The summed E-state index contributed by atoms with van der Waals surface area (Å²) in [5.74, 6) is 0.249. The van der Waals surface area contributed by atoms with E-state index in [2.05, 4.69) is 20.5 Å². The number of rotatable bonds is 3. The quantitative estimate of drug-likeness (QED) is 0.663. The average molecular weight is 268 g/mol. The second-order valence-electron chi connectivity index (χ2n) is 3.82. The van der Waals surface area contributed by atoms with Crippen LogP contribution in [0.4, 0.5) is 19.0 Å². The van der Waals surface area contributed by atoms with Gasteiger partial charge in [0.1, 0.15) is 5.82 Å². The van der Waals surface area contributed by atoms with E-state index in [0.29, 0.717) is 5.71 Å². The van der Waals surface area contributed by atoms with Crippen LogP contribution in [0, 0.1) is 0 Å². The third-order valence-corrected chi connectivity index (χ3v) is 2.42. The molecule has 2 heterocycles. The summed E-state index contributed by atoms with van der Waals surface area (Å²) in [6, 6.07) is 5.84. The Morgan fingerprint density at radius 1 is 1.32 bits per heavy atom. The Kier molecular flexibility index (Phi) is 3.55. The molecule has 0 aliphatic rings. The van der Waals surface area contributed by atoms with E-state index in [4.69, 9.17) is 0 Å². The minimum absolute atomic E-state index is 0.249. The van der Waals surface area contributed by atoms with Crippen LogP contribution in [0.25, 0.3) is 0 Å². The fraction of sp³-hybridized carbons (Fsp3) is 0.167. The Hall–Kier alpha value is -2.31. The van der Waals surface area contributed by atoms with Crippen molar-refractivity contribution in [2.45, 2.75) is 13.1 Å². The molecule has 2 N–H and O–H groups in total. The molecule has 2 aromatic rings. The summed E-state index contributed by atoms with van der Waals surface area (Å²) in [4.78, 5) is 6.61. The zero-order valence-electron chi connectivity index (χ0n) is 9.99. The average Bonchev–Trinajstić information content (AvgIpc) is 2.89. The van der Waals surface area contributed by atoms with Gasteiger partial charge in [-0.05, 0) is 31.2 Å². The SMILES string of the molecule is C/C(=N\Nc1ccc(C(F)(F)F)cn1)c1ccc[nH]1. The van der Waals surface area contributed by atoms with Crippen molar-refractivity contribution in [3.8, 4) is 0 Å². The van der Waals surface area contributed by atoms with Crippen LogP contribution in [0.15, 0.2) is 41.8 Å². The molecular formula is C12H11F3N4. The molecule has 0 aliphatic carbocycles. The molecule has 100 valence electrons. The number of H-pyrrole nitrogens is 1. The van der Waals surface area contributed by atoms with E-state index >= 15 is 0 Å². The third kappa shape index (κ3) is 3.34. The van der Waals surface area contributed by atoms with Crippen molar-refractivity contribution in [1.82, 2.24) is 9.97 Å². The van der Waals surface area contributed by atoms with E-state index < -0.39 is 11.7 Å². The van der Waals surface area contributed by atoms with Crippen molar-refractivity contribution < 1.29 is 13.2 Å². The van der Waals surface area contributed by atoms with Crippen molar-refractivity contribution in [3.05, 3.63) is 47.9 Å². The molecule has 0 aliphatic heterocycles. The number of pyridine rings is 1. The highest BCUT2D eigenvalue weighted by Crippen LogP contribution is 2.28. The highest BCUT2D eigenvalue weighted by molar-refractivity contribution is 5.97. The lowest BCUT2D eigenvalue weighted by Crippen LogP contribution is -2.06. The summed E-state index contributed by atoms with van der Waals surface area (Å²) >= 11 is 0. The topological polar surface area (TPSA) is 53.1 Å². The van der Waals surface area contributed by atoms with E-state index in [-0.39, 0.29) is 5.82 Å². The first-order valence-electron chi connectivity index (χ1n) is 5.44. The van der Waals surface area contributed by atoms with Gasteiger partial charge in [-0.25, -0.2) is 4.98 Å². The predicted molar refractivity (Wildman–Crippen MR) is 65.9 cm³/mol. The van der Waals surface area contributed by atoms with Gasteiger partial charge in [-0.15, -0.1) is 0 Å². The van der Waals surface area contributed by atoms with Gasteiger partial charge in [0.25, 0.3) is 0 Å². The number of nitrogens with one attached hydrogen (secondary N) is 2. The van der Waals surface area contributed by atoms with Crippen molar-refractivity contribution in [1.29, 1.82) is 0 Å². The minimum atomic E-state index is -4.38. The van der Waals surface area contributed by atoms with Crippen molar-refractivity contribution in [2.75, 3.05) is 5.43 Å². The Morgan fingerprint density at radius 3 is 2.63 bits per heavy atom. The molecule has 0 fully saturated rings. The summed E-state index contributed by atoms with van der Waals surface area (Å²) in [6.07, 6.45) is -1.86. The molecule has 0 spiro atoms. The molecule has 0 unspecified atom stereocenters. The van der Waals surface area contributed by atoms with Crippen LogP contribution in [0.1, 0.15) is 18.2 Å². The monoisotopic (exact) mass is 268 g/mol. The van der Waals surface area contributed by atoms with Crippen LogP contribution in [0.3, 0.4) is 0 Å². The molecule has 2 rings (SSSR count). The Bertz CT molecular complexity index is 556. The van der Waals surface area contributed by atoms with Crippen LogP contribution in [0.2, 0.25) is 0 Å². The summed E-state index contributed by atoms with van der Waals surface area (Å²) < 4.78 is 37.0. The molecule has 4 nitrogen and oxygen atoms in total. The molecule has 2 aromatic heterocycles. The lowest BCUT2D eigenvalue weighted by atomic mass is 10.3. The fourth-order valence-corrected chi connectivity index (χ4v) is 1.38. The Labute approximate surface area is 107 Å². The number of aromatic amines is 1. The number of hydrazone groups is 1. The second kappa shape index (κ2) is 5.13. The summed E-state index contributed by atoms with van der Waals surface area (Å²) in [5.41, 5.74) is 3.30. The number of nitrogens with zero attached hydrogens (tertiary/aromatic N) is 2. The summed E-state index contributed by atoms with van der Waals surface area (Å²) in [7, 11) is 0. The number of alkyl halides is 3. The largest absolute Gasteiger partial charge is 0.417 e. The molecule has 19 heavy (non-hydrogen) atoms. The van der Waals surface area contributed by atoms with E-state index in [1.54, 1.807) is 13.1 Å². The molecule has 0 amide bonds. The maximum atomic E-state index is 12.3. The maximum Gasteiger partial charge on any atom is 0.417 e. The van der Waals surface area contributed by atoms with Gasteiger partial charge in [-0.1, -0.05) is 0 Å². The van der Waals surface area contributed by atoms with Crippen molar-refractivity contribution >= 4 is 11.5 Å². The van der Waals surface area contributed by atoms with Gasteiger partial charge < -0.3 is 4.98 Å².